The van der Waals surface area contributed by atoms with E-state index in [1.807, 2.05) is 0 Å². The van der Waals surface area contributed by atoms with Crippen molar-refractivity contribution in [1.82, 2.24) is 9.88 Å². The van der Waals surface area contributed by atoms with Gasteiger partial charge in [0, 0.05) is 29.7 Å². The number of alkyl halides is 1. The van der Waals surface area contributed by atoms with Gasteiger partial charge in [0.05, 0.1) is 6.04 Å². The molecule has 4 unspecified atom stereocenters. The SMILES string of the molecule is FC1CCC2CN3CCc4c([nH]c5ccccc45)C3CC2C1. The molecule has 2 aromatic rings. The molecule has 3 heteroatoms. The fraction of sp³-hybridized carbons (Fsp3) is 0.579. The third kappa shape index (κ3) is 1.88. The van der Waals surface area contributed by atoms with Crippen molar-refractivity contribution < 1.29 is 4.39 Å². The predicted octanol–water partition coefficient (Wildman–Crippen LogP) is 4.23. The zero-order valence-electron chi connectivity index (χ0n) is 12.9. The van der Waals surface area contributed by atoms with E-state index in [1.165, 1.54) is 35.2 Å². The largest absolute Gasteiger partial charge is 0.357 e. The summed E-state index contributed by atoms with van der Waals surface area (Å²) in [6.07, 6.45) is 4.42. The van der Waals surface area contributed by atoms with Gasteiger partial charge in [-0.05, 0) is 55.6 Å². The lowest BCUT2D eigenvalue weighted by Crippen LogP contribution is -2.47. The van der Waals surface area contributed by atoms with Gasteiger partial charge in [-0.25, -0.2) is 4.39 Å². The quantitative estimate of drug-likeness (QED) is 0.771. The van der Waals surface area contributed by atoms with E-state index in [9.17, 15) is 4.39 Å². The van der Waals surface area contributed by atoms with Crippen LogP contribution in [-0.4, -0.2) is 29.1 Å². The third-order valence-corrected chi connectivity index (χ3v) is 6.34. The highest BCUT2D eigenvalue weighted by Gasteiger charge is 2.42. The summed E-state index contributed by atoms with van der Waals surface area (Å²) in [5.74, 6) is 1.32. The summed E-state index contributed by atoms with van der Waals surface area (Å²) in [5, 5.41) is 1.39. The van der Waals surface area contributed by atoms with E-state index >= 15 is 0 Å². The lowest BCUT2D eigenvalue weighted by Gasteiger charge is -2.48. The number of H-pyrrole nitrogens is 1. The van der Waals surface area contributed by atoms with E-state index in [4.69, 9.17) is 0 Å². The van der Waals surface area contributed by atoms with Gasteiger partial charge >= 0.3 is 0 Å². The lowest BCUT2D eigenvalue weighted by atomic mass is 9.71. The normalized spacial score (nSPS) is 35.0. The number of hydrogen-bond donors (Lipinski definition) is 1. The molecule has 2 fully saturated rings. The molecular formula is C19H23FN2. The van der Waals surface area contributed by atoms with Gasteiger partial charge in [-0.2, -0.15) is 0 Å². The molecule has 2 aliphatic heterocycles. The van der Waals surface area contributed by atoms with Crippen LogP contribution in [0.5, 0.6) is 0 Å². The lowest BCUT2D eigenvalue weighted by molar-refractivity contribution is 0.01000. The Bertz CT molecular complexity index is 707. The van der Waals surface area contributed by atoms with Crippen molar-refractivity contribution in [3.05, 3.63) is 35.5 Å². The number of nitrogens with zero attached hydrogens (tertiary/aromatic N) is 1. The summed E-state index contributed by atoms with van der Waals surface area (Å²) < 4.78 is 13.8. The molecule has 3 heterocycles. The second-order valence-corrected chi connectivity index (χ2v) is 7.49. The minimum Gasteiger partial charge on any atom is -0.357 e. The van der Waals surface area contributed by atoms with Crippen molar-refractivity contribution in [3.63, 3.8) is 0 Å². The molecule has 1 aromatic heterocycles. The first kappa shape index (κ1) is 13.1. The Hall–Kier alpha value is -1.35. The molecule has 5 rings (SSSR count). The minimum atomic E-state index is -0.557. The molecule has 2 nitrogen and oxygen atoms in total. The Morgan fingerprint density at radius 3 is 2.95 bits per heavy atom. The zero-order chi connectivity index (χ0) is 14.7. The van der Waals surface area contributed by atoms with Crippen molar-refractivity contribution in [3.8, 4) is 0 Å². The number of para-hydroxylation sites is 1. The van der Waals surface area contributed by atoms with E-state index in [0.29, 0.717) is 12.0 Å². The predicted molar refractivity (Wildman–Crippen MR) is 86.7 cm³/mol. The number of hydrogen-bond acceptors (Lipinski definition) is 1. The average Bonchev–Trinajstić information content (AvgIpc) is 2.92. The summed E-state index contributed by atoms with van der Waals surface area (Å²) in [5.41, 5.74) is 4.21. The van der Waals surface area contributed by atoms with Crippen LogP contribution in [0.25, 0.3) is 10.9 Å². The molecular weight excluding hydrogens is 275 g/mol. The summed E-state index contributed by atoms with van der Waals surface area (Å²) >= 11 is 0. The van der Waals surface area contributed by atoms with Crippen LogP contribution >= 0.6 is 0 Å². The maximum Gasteiger partial charge on any atom is 0.100 e. The van der Waals surface area contributed by atoms with Gasteiger partial charge in [-0.1, -0.05) is 18.2 Å². The number of aromatic amines is 1. The zero-order valence-corrected chi connectivity index (χ0v) is 12.9. The van der Waals surface area contributed by atoms with Crippen LogP contribution in [0, 0.1) is 11.8 Å². The van der Waals surface area contributed by atoms with Crippen molar-refractivity contribution in [1.29, 1.82) is 0 Å². The van der Waals surface area contributed by atoms with Gasteiger partial charge in [0.25, 0.3) is 0 Å². The van der Waals surface area contributed by atoms with Crippen LogP contribution < -0.4 is 0 Å². The highest BCUT2D eigenvalue weighted by Crippen LogP contribution is 2.47. The summed E-state index contributed by atoms with van der Waals surface area (Å²) in [4.78, 5) is 6.35. The average molecular weight is 298 g/mol. The summed E-state index contributed by atoms with van der Waals surface area (Å²) in [6.45, 7) is 2.35. The van der Waals surface area contributed by atoms with Crippen LogP contribution in [0.2, 0.25) is 0 Å². The molecule has 1 N–H and O–H groups in total. The van der Waals surface area contributed by atoms with E-state index in [0.717, 1.165) is 38.0 Å². The molecule has 3 aliphatic rings. The fourth-order valence-electron chi connectivity index (χ4n) is 5.24. The first-order valence-corrected chi connectivity index (χ1v) is 8.77. The van der Waals surface area contributed by atoms with E-state index in [-0.39, 0.29) is 0 Å². The molecule has 116 valence electrons. The first-order chi connectivity index (χ1) is 10.8. The molecule has 1 saturated carbocycles. The minimum absolute atomic E-state index is 0.489. The van der Waals surface area contributed by atoms with Crippen LogP contribution in [0.4, 0.5) is 4.39 Å². The molecule has 1 aromatic carbocycles. The van der Waals surface area contributed by atoms with Gasteiger partial charge in [0.1, 0.15) is 6.17 Å². The molecule has 0 bridgehead atoms. The van der Waals surface area contributed by atoms with Crippen LogP contribution in [-0.2, 0) is 6.42 Å². The van der Waals surface area contributed by atoms with Crippen molar-refractivity contribution in [2.24, 2.45) is 11.8 Å². The molecule has 0 amide bonds. The van der Waals surface area contributed by atoms with Gasteiger partial charge < -0.3 is 4.98 Å². The molecule has 4 atom stereocenters. The second kappa shape index (κ2) is 4.82. The number of halogens is 1. The van der Waals surface area contributed by atoms with Crippen molar-refractivity contribution in [2.75, 3.05) is 13.1 Å². The van der Waals surface area contributed by atoms with Gasteiger partial charge in [0.15, 0.2) is 0 Å². The first-order valence-electron chi connectivity index (χ1n) is 8.77. The summed E-state index contributed by atoms with van der Waals surface area (Å²) in [7, 11) is 0. The topological polar surface area (TPSA) is 19.0 Å². The number of piperidine rings is 1. The second-order valence-electron chi connectivity index (χ2n) is 7.49. The van der Waals surface area contributed by atoms with Gasteiger partial charge in [-0.3, -0.25) is 4.90 Å². The maximum atomic E-state index is 13.8. The van der Waals surface area contributed by atoms with Gasteiger partial charge in [0.2, 0.25) is 0 Å². The highest BCUT2D eigenvalue weighted by molar-refractivity contribution is 5.85. The number of aromatic nitrogens is 1. The highest BCUT2D eigenvalue weighted by atomic mass is 19.1. The Kier molecular flexibility index (Phi) is 2.88. The van der Waals surface area contributed by atoms with Crippen molar-refractivity contribution >= 4 is 10.9 Å². The number of nitrogens with one attached hydrogen (secondary N) is 1. The van der Waals surface area contributed by atoms with E-state index < -0.39 is 6.17 Å². The van der Waals surface area contributed by atoms with Crippen LogP contribution in [0.1, 0.15) is 43.0 Å². The number of fused-ring (bicyclic) bond motifs is 6. The maximum absolute atomic E-state index is 13.8. The van der Waals surface area contributed by atoms with Crippen LogP contribution in [0.15, 0.2) is 24.3 Å². The van der Waals surface area contributed by atoms with Crippen LogP contribution in [0.3, 0.4) is 0 Å². The molecule has 1 saturated heterocycles. The summed E-state index contributed by atoms with van der Waals surface area (Å²) in [6, 6.07) is 9.15. The Morgan fingerprint density at radius 2 is 2.00 bits per heavy atom. The number of rotatable bonds is 0. The molecule has 0 radical (unpaired) electrons. The van der Waals surface area contributed by atoms with Crippen molar-refractivity contribution in [2.45, 2.75) is 44.3 Å². The Labute approximate surface area is 130 Å². The van der Waals surface area contributed by atoms with E-state index in [1.54, 1.807) is 0 Å². The fourth-order valence-corrected chi connectivity index (χ4v) is 5.24. The number of benzene rings is 1. The monoisotopic (exact) mass is 298 g/mol. The smallest absolute Gasteiger partial charge is 0.100 e. The third-order valence-electron chi connectivity index (χ3n) is 6.34. The Balaban J connectivity index is 1.53. The molecule has 0 spiro atoms. The van der Waals surface area contributed by atoms with Gasteiger partial charge in [-0.15, -0.1) is 0 Å². The molecule has 1 aliphatic carbocycles. The molecule has 22 heavy (non-hydrogen) atoms. The van der Waals surface area contributed by atoms with E-state index in [2.05, 4.69) is 34.1 Å². The Morgan fingerprint density at radius 1 is 1.09 bits per heavy atom. The standard InChI is InChI=1S/C19H23FN2/c20-14-6-5-12-11-22-8-7-16-15-3-1-2-4-17(15)21-19(16)18(22)10-13(12)9-14/h1-4,12-14,18,21H,5-11H2.